The zero-order valence-electron chi connectivity index (χ0n) is 19.8. The molecule has 3 atom stereocenters. The molecule has 184 valence electrons. The van der Waals surface area contributed by atoms with E-state index >= 15 is 0 Å². The van der Waals surface area contributed by atoms with Crippen molar-refractivity contribution in [2.24, 2.45) is 11.8 Å². The SMILES string of the molecule is CCOc1ccc(S(=O)(=O)N2CCC(C(=O)O[C@H](C)C(=O)N[C@H]3CCCC[C@@H]3C)CC2)cc1. The smallest absolute Gasteiger partial charge is 0.309 e. The number of benzene rings is 1. The van der Waals surface area contributed by atoms with Crippen LogP contribution in [0.3, 0.4) is 0 Å². The van der Waals surface area contributed by atoms with Gasteiger partial charge < -0.3 is 14.8 Å². The van der Waals surface area contributed by atoms with Crippen molar-refractivity contribution in [1.29, 1.82) is 0 Å². The van der Waals surface area contributed by atoms with E-state index in [0.29, 0.717) is 31.1 Å². The third-order valence-electron chi connectivity index (χ3n) is 6.66. The average Bonchev–Trinajstić information content (AvgIpc) is 2.81. The van der Waals surface area contributed by atoms with Gasteiger partial charge >= 0.3 is 5.97 Å². The first-order chi connectivity index (χ1) is 15.7. The van der Waals surface area contributed by atoms with Gasteiger partial charge in [-0.3, -0.25) is 9.59 Å². The van der Waals surface area contributed by atoms with E-state index in [1.165, 1.54) is 22.9 Å². The van der Waals surface area contributed by atoms with Crippen LogP contribution in [0.4, 0.5) is 0 Å². The first-order valence-corrected chi connectivity index (χ1v) is 13.4. The normalized spacial score (nSPS) is 23.5. The Bertz CT molecular complexity index is 909. The second-order valence-corrected chi connectivity index (χ2v) is 11.0. The van der Waals surface area contributed by atoms with E-state index in [1.807, 2.05) is 6.92 Å². The van der Waals surface area contributed by atoms with E-state index < -0.39 is 28.0 Å². The minimum Gasteiger partial charge on any atom is -0.494 e. The number of carbonyl (C=O) groups excluding carboxylic acids is 2. The largest absolute Gasteiger partial charge is 0.494 e. The molecule has 9 heteroatoms. The number of esters is 1. The molecule has 0 radical (unpaired) electrons. The van der Waals surface area contributed by atoms with Gasteiger partial charge in [0.15, 0.2) is 6.10 Å². The molecule has 0 spiro atoms. The third kappa shape index (κ3) is 6.47. The maximum absolute atomic E-state index is 12.9. The van der Waals surface area contributed by atoms with E-state index in [1.54, 1.807) is 19.1 Å². The van der Waals surface area contributed by atoms with Crippen LogP contribution in [0, 0.1) is 11.8 Å². The van der Waals surface area contributed by atoms with Crippen molar-refractivity contribution in [3.8, 4) is 5.75 Å². The van der Waals surface area contributed by atoms with Gasteiger partial charge in [0.1, 0.15) is 5.75 Å². The Kier molecular flexibility index (Phi) is 8.75. The highest BCUT2D eigenvalue weighted by atomic mass is 32.2. The molecule has 0 aromatic heterocycles. The Balaban J connectivity index is 1.49. The van der Waals surface area contributed by atoms with Crippen molar-refractivity contribution in [2.45, 2.75) is 76.3 Å². The van der Waals surface area contributed by atoms with Gasteiger partial charge in [-0.25, -0.2) is 8.42 Å². The van der Waals surface area contributed by atoms with Crippen LogP contribution in [0.2, 0.25) is 0 Å². The molecule has 1 aliphatic heterocycles. The van der Waals surface area contributed by atoms with Crippen molar-refractivity contribution >= 4 is 21.9 Å². The highest BCUT2D eigenvalue weighted by molar-refractivity contribution is 7.89. The maximum Gasteiger partial charge on any atom is 0.309 e. The first kappa shape index (κ1) is 25.5. The molecule has 33 heavy (non-hydrogen) atoms. The fraction of sp³-hybridized carbons (Fsp3) is 0.667. The molecule has 1 aromatic rings. The van der Waals surface area contributed by atoms with Crippen LogP contribution in [0.15, 0.2) is 29.2 Å². The van der Waals surface area contributed by atoms with Gasteiger partial charge in [0, 0.05) is 19.1 Å². The monoisotopic (exact) mass is 480 g/mol. The minimum absolute atomic E-state index is 0.128. The van der Waals surface area contributed by atoms with Crippen molar-refractivity contribution in [3.05, 3.63) is 24.3 Å². The van der Waals surface area contributed by atoms with Gasteiger partial charge in [-0.1, -0.05) is 19.8 Å². The number of rotatable bonds is 8. The molecule has 1 saturated heterocycles. The summed E-state index contributed by atoms with van der Waals surface area (Å²) >= 11 is 0. The van der Waals surface area contributed by atoms with Crippen LogP contribution in [0.5, 0.6) is 5.75 Å². The van der Waals surface area contributed by atoms with Crippen LogP contribution < -0.4 is 10.1 Å². The molecule has 1 N–H and O–H groups in total. The zero-order chi connectivity index (χ0) is 24.0. The zero-order valence-corrected chi connectivity index (χ0v) is 20.6. The van der Waals surface area contributed by atoms with Gasteiger partial charge in [0.2, 0.25) is 10.0 Å². The summed E-state index contributed by atoms with van der Waals surface area (Å²) in [7, 11) is -3.64. The Hall–Kier alpha value is -2.13. The van der Waals surface area contributed by atoms with Crippen LogP contribution >= 0.6 is 0 Å². The lowest BCUT2D eigenvalue weighted by molar-refractivity contribution is -0.160. The Morgan fingerprint density at radius 1 is 1.09 bits per heavy atom. The summed E-state index contributed by atoms with van der Waals surface area (Å²) in [6.07, 6.45) is 4.20. The molecule has 2 fully saturated rings. The number of amides is 1. The van der Waals surface area contributed by atoms with E-state index in [0.717, 1.165) is 19.3 Å². The molecule has 3 rings (SSSR count). The van der Waals surface area contributed by atoms with Crippen molar-refractivity contribution in [2.75, 3.05) is 19.7 Å². The topological polar surface area (TPSA) is 102 Å². The standard InChI is InChI=1S/C24H36N2O6S/c1-4-31-20-9-11-21(12-10-20)33(29,30)26-15-13-19(14-16-26)24(28)32-18(3)23(27)25-22-8-6-5-7-17(22)2/h9-12,17-19,22H,4-8,13-16H2,1-3H3,(H,25,27)/t17-,18+,22-/m0/s1. The van der Waals surface area contributed by atoms with Crippen LogP contribution in [-0.2, 0) is 24.3 Å². The second-order valence-electron chi connectivity index (χ2n) is 9.04. The number of hydrogen-bond donors (Lipinski definition) is 1. The van der Waals surface area contributed by atoms with Crippen LogP contribution in [0.25, 0.3) is 0 Å². The molecule has 1 aliphatic carbocycles. The van der Waals surface area contributed by atoms with Crippen molar-refractivity contribution < 1.29 is 27.5 Å². The number of nitrogens with one attached hydrogen (secondary N) is 1. The van der Waals surface area contributed by atoms with E-state index in [-0.39, 0.29) is 29.9 Å². The fourth-order valence-corrected chi connectivity index (χ4v) is 5.98. The molecular formula is C24H36N2O6S. The van der Waals surface area contributed by atoms with Crippen LogP contribution in [-0.4, -0.2) is 56.4 Å². The summed E-state index contributed by atoms with van der Waals surface area (Å²) in [5, 5.41) is 3.02. The number of hydrogen-bond acceptors (Lipinski definition) is 6. The van der Waals surface area contributed by atoms with E-state index in [9.17, 15) is 18.0 Å². The summed E-state index contributed by atoms with van der Waals surface area (Å²) in [6.45, 7) is 6.56. The third-order valence-corrected chi connectivity index (χ3v) is 8.57. The van der Waals surface area contributed by atoms with Gasteiger partial charge in [-0.15, -0.1) is 0 Å². The summed E-state index contributed by atoms with van der Waals surface area (Å²) in [5.41, 5.74) is 0. The van der Waals surface area contributed by atoms with Crippen LogP contribution in [0.1, 0.15) is 59.3 Å². The highest BCUT2D eigenvalue weighted by Crippen LogP contribution is 2.27. The Labute approximate surface area is 197 Å². The van der Waals surface area contributed by atoms with Gasteiger partial charge in [-0.2, -0.15) is 4.31 Å². The minimum atomic E-state index is -3.64. The summed E-state index contributed by atoms with van der Waals surface area (Å²) in [4.78, 5) is 25.3. The van der Waals surface area contributed by atoms with Gasteiger partial charge in [0.05, 0.1) is 17.4 Å². The quantitative estimate of drug-likeness (QED) is 0.574. The molecule has 1 amide bonds. The molecule has 1 aromatic carbocycles. The first-order valence-electron chi connectivity index (χ1n) is 12.0. The molecule has 1 saturated carbocycles. The Morgan fingerprint density at radius 3 is 2.33 bits per heavy atom. The van der Waals surface area contributed by atoms with Gasteiger partial charge in [0.25, 0.3) is 5.91 Å². The summed E-state index contributed by atoms with van der Waals surface area (Å²) in [5.74, 6) is -0.0769. The molecular weight excluding hydrogens is 444 g/mol. The predicted octanol–water partition coefficient (Wildman–Crippen LogP) is 3.11. The number of nitrogens with zero attached hydrogens (tertiary/aromatic N) is 1. The lowest BCUT2D eigenvalue weighted by Crippen LogP contribution is -2.47. The van der Waals surface area contributed by atoms with Gasteiger partial charge in [-0.05, 0) is 69.7 Å². The van der Waals surface area contributed by atoms with E-state index in [4.69, 9.17) is 9.47 Å². The number of piperidine rings is 1. The molecule has 0 unspecified atom stereocenters. The number of sulfonamides is 1. The van der Waals surface area contributed by atoms with Crippen molar-refractivity contribution in [1.82, 2.24) is 9.62 Å². The molecule has 0 bridgehead atoms. The molecule has 1 heterocycles. The van der Waals surface area contributed by atoms with Crippen molar-refractivity contribution in [3.63, 3.8) is 0 Å². The predicted molar refractivity (Wildman–Crippen MR) is 124 cm³/mol. The average molecular weight is 481 g/mol. The van der Waals surface area contributed by atoms with E-state index in [2.05, 4.69) is 12.2 Å². The second kappa shape index (κ2) is 11.3. The molecule has 2 aliphatic rings. The number of ether oxygens (including phenoxy) is 2. The lowest BCUT2D eigenvalue weighted by Gasteiger charge is -2.32. The lowest BCUT2D eigenvalue weighted by atomic mass is 9.86. The number of carbonyl (C=O) groups is 2. The Morgan fingerprint density at radius 2 is 1.73 bits per heavy atom. The summed E-state index contributed by atoms with van der Waals surface area (Å²) < 4.78 is 38.1. The molecule has 8 nitrogen and oxygen atoms in total. The maximum atomic E-state index is 12.9. The fourth-order valence-electron chi connectivity index (χ4n) is 4.51. The highest BCUT2D eigenvalue weighted by Gasteiger charge is 2.34. The summed E-state index contributed by atoms with van der Waals surface area (Å²) in [6, 6.07) is 6.48.